The monoisotopic (exact) mass is 428 g/mol. The molecule has 1 amide bonds. The molecule has 5 nitrogen and oxygen atoms in total. The highest BCUT2D eigenvalue weighted by Crippen LogP contribution is 2.30. The molecule has 0 saturated heterocycles. The minimum Gasteiger partial charge on any atom is -0.508 e. The number of carbonyl (C=O) groups excluding carboxylic acids is 1. The number of primary amides is 1. The van der Waals surface area contributed by atoms with Gasteiger partial charge in [-0.2, -0.15) is 0 Å². The first-order valence-corrected chi connectivity index (χ1v) is 9.75. The van der Waals surface area contributed by atoms with E-state index in [-0.39, 0.29) is 18.1 Å². The molecule has 0 aliphatic heterocycles. The van der Waals surface area contributed by atoms with Crippen molar-refractivity contribution in [2.24, 2.45) is 5.73 Å². The minimum absolute atomic E-state index is 0.192. The molecule has 2 aromatic carbocycles. The van der Waals surface area contributed by atoms with E-state index in [4.69, 9.17) is 33.9 Å². The molecule has 0 fully saturated rings. The van der Waals surface area contributed by atoms with Crippen LogP contribution in [0, 0.1) is 6.42 Å². The number of rotatable bonds is 8. The number of hydrogen-bond acceptors (Lipinski definition) is 3. The van der Waals surface area contributed by atoms with Crippen LogP contribution in [0.2, 0.25) is 10.0 Å². The fourth-order valence-electron chi connectivity index (χ4n) is 2.80. The van der Waals surface area contributed by atoms with E-state index in [1.54, 1.807) is 30.3 Å². The highest BCUT2D eigenvalue weighted by molar-refractivity contribution is 6.36. The van der Waals surface area contributed by atoms with Gasteiger partial charge in [-0.25, -0.2) is 4.98 Å². The van der Waals surface area contributed by atoms with Gasteiger partial charge in [0.15, 0.2) is 0 Å². The summed E-state index contributed by atoms with van der Waals surface area (Å²) >= 11 is 12.3. The largest absolute Gasteiger partial charge is 0.508 e. The zero-order valence-corrected chi connectivity index (χ0v) is 17.1. The predicted octanol–water partition coefficient (Wildman–Crippen LogP) is 4.79. The highest BCUT2D eigenvalue weighted by Gasteiger charge is 2.12. The molecule has 0 atom stereocenters. The summed E-state index contributed by atoms with van der Waals surface area (Å²) in [5, 5.41) is 10.5. The number of phenols is 1. The average molecular weight is 429 g/mol. The molecule has 29 heavy (non-hydrogen) atoms. The van der Waals surface area contributed by atoms with Gasteiger partial charge < -0.3 is 15.4 Å². The van der Waals surface area contributed by atoms with Crippen LogP contribution in [-0.2, 0) is 17.8 Å². The Hall–Kier alpha value is -2.76. The Kier molecular flexibility index (Phi) is 6.96. The normalized spacial score (nSPS) is 11.2. The number of aromatic nitrogens is 2. The van der Waals surface area contributed by atoms with Crippen LogP contribution in [0.3, 0.4) is 0 Å². The van der Waals surface area contributed by atoms with E-state index in [9.17, 15) is 9.90 Å². The third-order valence-corrected chi connectivity index (χ3v) is 4.81. The summed E-state index contributed by atoms with van der Waals surface area (Å²) in [5.74, 6) is 0.622. The number of nitrogens with zero attached hydrogens (tertiary/aromatic N) is 2. The van der Waals surface area contributed by atoms with Crippen molar-refractivity contribution in [3.05, 3.63) is 88.7 Å². The standard InChI is InChI=1S/C22H20Cl2N3O2/c23-16-7-10-18(19(24)13-16)20-14-27(12-2-1-3-21(25)29)22(26-20)11-6-15-4-8-17(28)9-5-15/h1-2,4-5,7-11,13-14,28H,3,6,12H2,(H2,25,29)/b2-1+. The molecule has 0 aliphatic rings. The Labute approximate surface area is 179 Å². The maximum absolute atomic E-state index is 10.9. The van der Waals surface area contributed by atoms with E-state index < -0.39 is 0 Å². The fourth-order valence-corrected chi connectivity index (χ4v) is 3.30. The summed E-state index contributed by atoms with van der Waals surface area (Å²) in [7, 11) is 0. The molecule has 0 spiro atoms. The van der Waals surface area contributed by atoms with E-state index in [1.165, 1.54) is 0 Å². The van der Waals surface area contributed by atoms with Gasteiger partial charge in [-0.05, 0) is 42.3 Å². The summed E-state index contributed by atoms with van der Waals surface area (Å²) in [6, 6.07) is 12.3. The number of aromatic hydroxyl groups is 1. The second-order valence-corrected chi connectivity index (χ2v) is 7.32. The van der Waals surface area contributed by atoms with Crippen LogP contribution < -0.4 is 5.73 Å². The van der Waals surface area contributed by atoms with Crippen molar-refractivity contribution in [3.63, 3.8) is 0 Å². The molecule has 3 rings (SSSR count). The van der Waals surface area contributed by atoms with Crippen LogP contribution in [0.15, 0.2) is 60.8 Å². The smallest absolute Gasteiger partial charge is 0.221 e. The number of hydrogen-bond donors (Lipinski definition) is 2. The van der Waals surface area contributed by atoms with Crippen molar-refractivity contribution >= 4 is 29.1 Å². The summed E-state index contributed by atoms with van der Waals surface area (Å²) in [5.41, 5.74) is 7.74. The maximum atomic E-state index is 10.9. The van der Waals surface area contributed by atoms with Gasteiger partial charge in [-0.3, -0.25) is 4.79 Å². The second kappa shape index (κ2) is 9.63. The van der Waals surface area contributed by atoms with Gasteiger partial charge >= 0.3 is 0 Å². The van der Waals surface area contributed by atoms with Crippen LogP contribution >= 0.6 is 23.2 Å². The van der Waals surface area contributed by atoms with Gasteiger partial charge in [0, 0.05) is 36.2 Å². The van der Waals surface area contributed by atoms with Crippen molar-refractivity contribution in [1.29, 1.82) is 0 Å². The van der Waals surface area contributed by atoms with Crippen molar-refractivity contribution < 1.29 is 9.90 Å². The molecule has 1 aromatic heterocycles. The van der Waals surface area contributed by atoms with Gasteiger partial charge in [0.25, 0.3) is 0 Å². The molecule has 3 aromatic rings. The van der Waals surface area contributed by atoms with Crippen molar-refractivity contribution in [2.45, 2.75) is 19.4 Å². The Morgan fingerprint density at radius 2 is 1.90 bits per heavy atom. The zero-order valence-electron chi connectivity index (χ0n) is 15.6. The summed E-state index contributed by atoms with van der Waals surface area (Å²) in [4.78, 5) is 15.6. The highest BCUT2D eigenvalue weighted by atomic mass is 35.5. The number of phenolic OH excluding ortho intramolecular Hbond substituents is 1. The lowest BCUT2D eigenvalue weighted by molar-refractivity contribution is -0.117. The van der Waals surface area contributed by atoms with Crippen LogP contribution in [-0.4, -0.2) is 20.6 Å². The lowest BCUT2D eigenvalue weighted by atomic mass is 10.1. The van der Waals surface area contributed by atoms with Crippen LogP contribution in [0.4, 0.5) is 0 Å². The lowest BCUT2D eigenvalue weighted by Gasteiger charge is -2.05. The molecule has 149 valence electrons. The average Bonchev–Trinajstić information content (AvgIpc) is 3.07. The Morgan fingerprint density at radius 3 is 2.59 bits per heavy atom. The summed E-state index contributed by atoms with van der Waals surface area (Å²) in [6.07, 6.45) is 8.36. The van der Waals surface area contributed by atoms with Crippen LogP contribution in [0.1, 0.15) is 17.8 Å². The van der Waals surface area contributed by atoms with Gasteiger partial charge in [-0.1, -0.05) is 47.5 Å². The number of carbonyl (C=O) groups is 1. The number of imidazole rings is 1. The maximum Gasteiger partial charge on any atom is 0.221 e. The number of benzene rings is 2. The van der Waals surface area contributed by atoms with E-state index in [0.717, 1.165) is 22.6 Å². The minimum atomic E-state index is -0.375. The summed E-state index contributed by atoms with van der Waals surface area (Å²) < 4.78 is 1.97. The second-order valence-electron chi connectivity index (χ2n) is 6.48. The predicted molar refractivity (Wildman–Crippen MR) is 116 cm³/mol. The molecule has 0 aliphatic carbocycles. The van der Waals surface area contributed by atoms with E-state index >= 15 is 0 Å². The molecule has 7 heteroatoms. The fraction of sp³-hybridized carbons (Fsp3) is 0.136. The Bertz CT molecular complexity index is 1030. The van der Waals surface area contributed by atoms with Crippen molar-refractivity contribution in [3.8, 4) is 17.0 Å². The Balaban J connectivity index is 1.84. The third-order valence-electron chi connectivity index (χ3n) is 4.26. The first-order chi connectivity index (χ1) is 13.9. The topological polar surface area (TPSA) is 81.1 Å². The number of nitrogens with two attached hydrogens (primary N) is 1. The molecule has 1 radical (unpaired) electrons. The zero-order chi connectivity index (χ0) is 20.8. The first-order valence-electron chi connectivity index (χ1n) is 8.99. The SMILES string of the molecule is NC(=O)C/C=C/Cn1cc(-c2ccc(Cl)cc2Cl)nc1[CH]Cc1ccc(O)cc1. The lowest BCUT2D eigenvalue weighted by Crippen LogP contribution is -2.08. The quantitative estimate of drug-likeness (QED) is 0.506. The molecule has 0 saturated carbocycles. The van der Waals surface area contributed by atoms with Crippen LogP contribution in [0.5, 0.6) is 5.75 Å². The van der Waals surface area contributed by atoms with Crippen molar-refractivity contribution in [2.75, 3.05) is 0 Å². The van der Waals surface area contributed by atoms with E-state index in [0.29, 0.717) is 23.0 Å². The first kappa shape index (κ1) is 21.0. The van der Waals surface area contributed by atoms with Gasteiger partial charge in [0.05, 0.1) is 10.7 Å². The molecule has 3 N–H and O–H groups in total. The van der Waals surface area contributed by atoms with E-state index in [1.807, 2.05) is 41.5 Å². The van der Waals surface area contributed by atoms with Gasteiger partial charge in [0.2, 0.25) is 5.91 Å². The molecular weight excluding hydrogens is 409 g/mol. The third kappa shape index (κ3) is 5.86. The molecule has 1 heterocycles. The molecular formula is C22H20Cl2N3O2. The molecule has 0 bridgehead atoms. The summed E-state index contributed by atoms with van der Waals surface area (Å²) in [6.45, 7) is 0.535. The molecule has 0 unspecified atom stereocenters. The number of halogens is 2. The number of amides is 1. The number of allylic oxidation sites excluding steroid dienone is 1. The van der Waals surface area contributed by atoms with Crippen molar-refractivity contribution in [1.82, 2.24) is 9.55 Å². The van der Waals surface area contributed by atoms with E-state index in [2.05, 4.69) is 0 Å². The van der Waals surface area contributed by atoms with Crippen LogP contribution in [0.25, 0.3) is 11.3 Å². The van der Waals surface area contributed by atoms with Gasteiger partial charge in [-0.15, -0.1) is 0 Å². The Morgan fingerprint density at radius 1 is 1.14 bits per heavy atom. The van der Waals surface area contributed by atoms with Gasteiger partial charge in [0.1, 0.15) is 11.6 Å².